The van der Waals surface area contributed by atoms with Gasteiger partial charge in [-0.2, -0.15) is 5.26 Å². The van der Waals surface area contributed by atoms with Crippen molar-refractivity contribution in [1.29, 1.82) is 5.26 Å². The van der Waals surface area contributed by atoms with Gasteiger partial charge >= 0.3 is 5.97 Å². The Bertz CT molecular complexity index is 881. The van der Waals surface area contributed by atoms with Gasteiger partial charge in [-0.15, -0.1) is 11.3 Å². The number of anilines is 1. The zero-order chi connectivity index (χ0) is 19.2. The molecule has 0 atom stereocenters. The summed E-state index contributed by atoms with van der Waals surface area (Å²) in [5.41, 5.74) is 2.09. The van der Waals surface area contributed by atoms with Crippen LogP contribution in [0.25, 0.3) is 0 Å². The first-order valence-electron chi connectivity index (χ1n) is 8.78. The molecule has 0 radical (unpaired) electrons. The van der Waals surface area contributed by atoms with Crippen LogP contribution in [0.15, 0.2) is 24.3 Å². The Hall–Kier alpha value is -2.85. The molecule has 2 aromatic rings. The van der Waals surface area contributed by atoms with Gasteiger partial charge in [-0.1, -0.05) is 6.42 Å². The van der Waals surface area contributed by atoms with Crippen LogP contribution >= 0.6 is 11.3 Å². The van der Waals surface area contributed by atoms with Crippen LogP contribution in [0.5, 0.6) is 5.75 Å². The van der Waals surface area contributed by atoms with Gasteiger partial charge in [0.2, 0.25) is 0 Å². The average Bonchev–Trinajstić information content (AvgIpc) is 2.85. The molecule has 1 N–H and O–H groups in total. The van der Waals surface area contributed by atoms with Crippen LogP contribution in [0.1, 0.15) is 45.6 Å². The summed E-state index contributed by atoms with van der Waals surface area (Å²) >= 11 is 1.50. The van der Waals surface area contributed by atoms with Crippen LogP contribution in [-0.4, -0.2) is 25.6 Å². The molecule has 1 aliphatic rings. The second-order valence-corrected chi connectivity index (χ2v) is 7.34. The summed E-state index contributed by atoms with van der Waals surface area (Å²) in [5, 5.41) is 12.9. The molecule has 3 rings (SSSR count). The first-order chi connectivity index (χ1) is 13.1. The molecule has 0 unspecified atom stereocenters. The monoisotopic (exact) mass is 384 g/mol. The first-order valence-corrected chi connectivity index (χ1v) is 9.59. The zero-order valence-electron chi connectivity index (χ0n) is 15.0. The molecule has 6 nitrogen and oxygen atoms in total. The molecule has 1 aromatic heterocycles. The van der Waals surface area contributed by atoms with Crippen LogP contribution in [0, 0.1) is 11.3 Å². The van der Waals surface area contributed by atoms with Gasteiger partial charge in [0, 0.05) is 4.88 Å². The first kappa shape index (κ1) is 18.9. The van der Waals surface area contributed by atoms with E-state index in [2.05, 4.69) is 16.1 Å². The van der Waals surface area contributed by atoms with Crippen molar-refractivity contribution in [2.75, 3.05) is 19.0 Å². The van der Waals surface area contributed by atoms with E-state index >= 15 is 0 Å². The van der Waals surface area contributed by atoms with Gasteiger partial charge in [0.15, 0.2) is 6.61 Å². The maximum absolute atomic E-state index is 12.2. The number of benzene rings is 1. The average molecular weight is 384 g/mol. The summed E-state index contributed by atoms with van der Waals surface area (Å²) in [5.74, 6) is -0.277. The Morgan fingerprint density at radius 1 is 1.19 bits per heavy atom. The van der Waals surface area contributed by atoms with Gasteiger partial charge in [0.05, 0.1) is 18.2 Å². The van der Waals surface area contributed by atoms with Crippen LogP contribution in [0.2, 0.25) is 0 Å². The number of fused-ring (bicyclic) bond motifs is 1. The lowest BCUT2D eigenvalue weighted by atomic mass is 10.1. The van der Waals surface area contributed by atoms with Crippen LogP contribution in [0.3, 0.4) is 0 Å². The third-order valence-corrected chi connectivity index (χ3v) is 5.64. The molecule has 0 saturated heterocycles. The number of esters is 1. The highest BCUT2D eigenvalue weighted by Gasteiger charge is 2.21. The number of hydrogen-bond donors (Lipinski definition) is 1. The summed E-state index contributed by atoms with van der Waals surface area (Å²) in [7, 11) is 1.32. The molecule has 0 spiro atoms. The van der Waals surface area contributed by atoms with Crippen molar-refractivity contribution in [3.8, 4) is 11.8 Å². The van der Waals surface area contributed by atoms with E-state index in [-0.39, 0.29) is 12.5 Å². The zero-order valence-corrected chi connectivity index (χ0v) is 15.9. The molecule has 1 heterocycles. The molecule has 0 saturated carbocycles. The van der Waals surface area contributed by atoms with Crippen molar-refractivity contribution in [2.45, 2.75) is 32.1 Å². The molecule has 1 amide bonds. The lowest BCUT2D eigenvalue weighted by Crippen LogP contribution is -2.20. The van der Waals surface area contributed by atoms with Gasteiger partial charge in [0.1, 0.15) is 16.8 Å². The quantitative estimate of drug-likeness (QED) is 0.627. The van der Waals surface area contributed by atoms with Crippen molar-refractivity contribution in [2.24, 2.45) is 0 Å². The largest absolute Gasteiger partial charge is 0.484 e. The van der Waals surface area contributed by atoms with E-state index in [1.54, 1.807) is 24.3 Å². The van der Waals surface area contributed by atoms with Crippen molar-refractivity contribution in [3.05, 3.63) is 45.8 Å². The summed E-state index contributed by atoms with van der Waals surface area (Å²) in [6, 6.07) is 8.60. The molecule has 0 fully saturated rings. The molecule has 27 heavy (non-hydrogen) atoms. The van der Waals surface area contributed by atoms with E-state index in [0.717, 1.165) is 31.2 Å². The predicted octanol–water partition coefficient (Wildman–Crippen LogP) is 3.69. The minimum atomic E-state index is -0.430. The summed E-state index contributed by atoms with van der Waals surface area (Å²) in [4.78, 5) is 24.9. The number of thiophene rings is 1. The molecule has 7 heteroatoms. The number of ether oxygens (including phenoxy) is 2. The Morgan fingerprint density at radius 3 is 2.63 bits per heavy atom. The maximum atomic E-state index is 12.2. The minimum absolute atomic E-state index is 0.176. The van der Waals surface area contributed by atoms with E-state index in [9.17, 15) is 14.9 Å². The van der Waals surface area contributed by atoms with Crippen molar-refractivity contribution in [3.63, 3.8) is 0 Å². The summed E-state index contributed by atoms with van der Waals surface area (Å²) < 4.78 is 10.1. The van der Waals surface area contributed by atoms with Crippen LogP contribution in [-0.2, 0) is 22.4 Å². The normalized spacial score (nSPS) is 13.0. The Kier molecular flexibility index (Phi) is 6.09. The van der Waals surface area contributed by atoms with Gasteiger partial charge in [-0.25, -0.2) is 4.79 Å². The number of amides is 1. The second kappa shape index (κ2) is 8.69. The second-order valence-electron chi connectivity index (χ2n) is 6.23. The molecular formula is C20H20N2O4S. The number of nitrogens with zero attached hydrogens (tertiary/aromatic N) is 1. The molecule has 140 valence electrons. The van der Waals surface area contributed by atoms with Gasteiger partial charge in [-0.3, -0.25) is 4.79 Å². The molecule has 1 aliphatic carbocycles. The van der Waals surface area contributed by atoms with E-state index in [1.165, 1.54) is 29.7 Å². The van der Waals surface area contributed by atoms with Crippen molar-refractivity contribution < 1.29 is 19.1 Å². The van der Waals surface area contributed by atoms with Gasteiger partial charge in [0.25, 0.3) is 5.91 Å². The van der Waals surface area contributed by atoms with E-state index in [0.29, 0.717) is 21.9 Å². The highest BCUT2D eigenvalue weighted by atomic mass is 32.1. The molecule has 0 aliphatic heterocycles. The van der Waals surface area contributed by atoms with E-state index in [1.807, 2.05) is 0 Å². The standard InChI is InChI=1S/C20H20N2O4S/c1-25-20(24)13-7-9-14(10-8-13)26-12-18(23)22-19-16(11-21)15-5-3-2-4-6-17(15)27-19/h7-10H,2-6,12H2,1H3,(H,22,23). The molecule has 0 bridgehead atoms. The van der Waals surface area contributed by atoms with Crippen molar-refractivity contribution in [1.82, 2.24) is 0 Å². The van der Waals surface area contributed by atoms with Crippen LogP contribution < -0.4 is 10.1 Å². The minimum Gasteiger partial charge on any atom is -0.484 e. The number of rotatable bonds is 5. The van der Waals surface area contributed by atoms with Crippen molar-refractivity contribution >= 4 is 28.2 Å². The highest BCUT2D eigenvalue weighted by Crippen LogP contribution is 2.36. The third kappa shape index (κ3) is 4.47. The number of methoxy groups -OCH3 is 1. The predicted molar refractivity (Wildman–Crippen MR) is 102 cm³/mol. The summed E-state index contributed by atoms with van der Waals surface area (Å²) in [6.07, 6.45) is 5.24. The highest BCUT2D eigenvalue weighted by molar-refractivity contribution is 7.16. The van der Waals surface area contributed by atoms with E-state index < -0.39 is 5.97 Å². The van der Waals surface area contributed by atoms with Crippen LogP contribution in [0.4, 0.5) is 5.00 Å². The Labute approximate surface area is 161 Å². The number of carbonyl (C=O) groups excluding carboxylic acids is 2. The Morgan fingerprint density at radius 2 is 1.93 bits per heavy atom. The fraction of sp³-hybridized carbons (Fsp3) is 0.350. The number of nitrogens with one attached hydrogen (secondary N) is 1. The molecule has 1 aromatic carbocycles. The summed E-state index contributed by atoms with van der Waals surface area (Å²) in [6.45, 7) is -0.176. The number of nitriles is 1. The van der Waals surface area contributed by atoms with E-state index in [4.69, 9.17) is 4.74 Å². The smallest absolute Gasteiger partial charge is 0.337 e. The Balaban J connectivity index is 1.61. The fourth-order valence-electron chi connectivity index (χ4n) is 3.07. The number of aryl methyl sites for hydroxylation is 1. The fourth-order valence-corrected chi connectivity index (χ4v) is 4.32. The number of carbonyl (C=O) groups is 2. The number of hydrogen-bond acceptors (Lipinski definition) is 6. The molecular weight excluding hydrogens is 364 g/mol. The maximum Gasteiger partial charge on any atom is 0.337 e. The third-order valence-electron chi connectivity index (χ3n) is 4.43. The lowest BCUT2D eigenvalue weighted by Gasteiger charge is -2.07. The van der Waals surface area contributed by atoms with Gasteiger partial charge < -0.3 is 14.8 Å². The topological polar surface area (TPSA) is 88.4 Å². The SMILES string of the molecule is COC(=O)c1ccc(OCC(=O)Nc2sc3c(c2C#N)CCCCC3)cc1. The van der Waals surface area contributed by atoms with Gasteiger partial charge in [-0.05, 0) is 55.5 Å². The lowest BCUT2D eigenvalue weighted by molar-refractivity contribution is -0.118.